The van der Waals surface area contributed by atoms with Crippen LogP contribution in [0.3, 0.4) is 0 Å². The molecule has 0 spiro atoms. The van der Waals surface area contributed by atoms with Crippen LogP contribution >= 0.6 is 0 Å². The van der Waals surface area contributed by atoms with Crippen molar-refractivity contribution in [3.63, 3.8) is 0 Å². The minimum absolute atomic E-state index is 0.327. The number of nitrogens with one attached hydrogen (secondary N) is 1. The number of aromatic amines is 1. The van der Waals surface area contributed by atoms with Gasteiger partial charge in [-0.2, -0.15) is 5.10 Å². The van der Waals surface area contributed by atoms with Crippen molar-refractivity contribution in [2.45, 2.75) is 59.2 Å². The molecule has 0 radical (unpaired) electrons. The molecule has 2 heterocycles. The Balaban J connectivity index is 2.21. The summed E-state index contributed by atoms with van der Waals surface area (Å²) in [5, 5.41) is 14.5. The molecule has 0 fully saturated rings. The smallest absolute Gasteiger partial charge is 0.328 e. The number of aromatic nitrogens is 5. The van der Waals surface area contributed by atoms with Crippen LogP contribution in [0.4, 0.5) is 0 Å². The lowest BCUT2D eigenvalue weighted by Gasteiger charge is -2.18. The first kappa shape index (κ1) is 18.1. The lowest BCUT2D eigenvalue weighted by molar-refractivity contribution is 0.0564. The third-order valence-corrected chi connectivity index (χ3v) is 3.39. The van der Waals surface area contributed by atoms with Gasteiger partial charge >= 0.3 is 5.69 Å². The van der Waals surface area contributed by atoms with E-state index in [0.29, 0.717) is 31.3 Å². The van der Waals surface area contributed by atoms with Gasteiger partial charge in [0.25, 0.3) is 5.56 Å². The van der Waals surface area contributed by atoms with Crippen LogP contribution in [0.2, 0.25) is 0 Å². The van der Waals surface area contributed by atoms with Crippen LogP contribution < -0.4 is 11.2 Å². The van der Waals surface area contributed by atoms with Crippen molar-refractivity contribution in [2.24, 2.45) is 5.92 Å². The van der Waals surface area contributed by atoms with Gasteiger partial charge in [0, 0.05) is 31.6 Å². The zero-order valence-electron chi connectivity index (χ0n) is 14.6. The molecule has 0 aliphatic carbocycles. The molecule has 8 nitrogen and oxygen atoms in total. The van der Waals surface area contributed by atoms with Crippen LogP contribution in [0.5, 0.6) is 0 Å². The van der Waals surface area contributed by atoms with Crippen molar-refractivity contribution < 1.29 is 5.11 Å². The first-order chi connectivity index (χ1) is 11.1. The Hall–Kier alpha value is -2.22. The fourth-order valence-corrected chi connectivity index (χ4v) is 2.40. The van der Waals surface area contributed by atoms with E-state index in [1.807, 2.05) is 0 Å². The van der Waals surface area contributed by atoms with Crippen molar-refractivity contribution in [2.75, 3.05) is 0 Å². The maximum absolute atomic E-state index is 11.8. The monoisotopic (exact) mass is 335 g/mol. The van der Waals surface area contributed by atoms with E-state index in [2.05, 4.69) is 28.9 Å². The zero-order valence-corrected chi connectivity index (χ0v) is 14.6. The molecule has 0 amide bonds. The second-order valence-electron chi connectivity index (χ2n) is 7.07. The highest BCUT2D eigenvalue weighted by atomic mass is 16.3. The van der Waals surface area contributed by atoms with E-state index in [-0.39, 0.29) is 0 Å². The summed E-state index contributed by atoms with van der Waals surface area (Å²) in [6, 6.07) is 1.31. The molecule has 8 heteroatoms. The minimum atomic E-state index is -0.910. The average molecular weight is 335 g/mol. The average Bonchev–Trinajstić information content (AvgIpc) is 2.76. The zero-order chi connectivity index (χ0) is 17.9. The second-order valence-corrected chi connectivity index (χ2v) is 7.07. The van der Waals surface area contributed by atoms with Gasteiger partial charge in [0.05, 0.1) is 12.1 Å². The van der Waals surface area contributed by atoms with Gasteiger partial charge in [0.1, 0.15) is 5.82 Å². The minimum Gasteiger partial charge on any atom is -0.389 e. The van der Waals surface area contributed by atoms with Crippen LogP contribution in [-0.2, 0) is 25.9 Å². The summed E-state index contributed by atoms with van der Waals surface area (Å²) in [6.07, 6.45) is 2.70. The molecule has 2 rings (SSSR count). The molecule has 0 saturated heterocycles. The van der Waals surface area contributed by atoms with Gasteiger partial charge in [-0.3, -0.25) is 9.78 Å². The van der Waals surface area contributed by atoms with E-state index in [0.717, 1.165) is 12.2 Å². The molecule has 0 bridgehead atoms. The summed E-state index contributed by atoms with van der Waals surface area (Å²) in [6.45, 7) is 8.32. The largest absolute Gasteiger partial charge is 0.389 e. The molecule has 24 heavy (non-hydrogen) atoms. The number of H-pyrrole nitrogens is 1. The fraction of sp³-hybridized carbons (Fsp3) is 0.625. The first-order valence-corrected chi connectivity index (χ1v) is 8.09. The molecule has 2 aromatic rings. The van der Waals surface area contributed by atoms with Crippen LogP contribution in [-0.4, -0.2) is 35.0 Å². The number of nitrogens with zero attached hydrogens (tertiary/aromatic N) is 4. The Bertz CT molecular complexity index is 795. The summed E-state index contributed by atoms with van der Waals surface area (Å²) < 4.78 is 3.13. The van der Waals surface area contributed by atoms with Crippen molar-refractivity contribution in [1.82, 2.24) is 24.3 Å². The lowest BCUT2D eigenvalue weighted by Crippen LogP contribution is -2.30. The normalized spacial score (nSPS) is 12.1. The summed E-state index contributed by atoms with van der Waals surface area (Å²) in [7, 11) is 0. The molecule has 0 saturated carbocycles. The van der Waals surface area contributed by atoms with Gasteiger partial charge in [-0.05, 0) is 19.8 Å². The Labute approximate surface area is 140 Å². The summed E-state index contributed by atoms with van der Waals surface area (Å²) >= 11 is 0. The number of rotatable bonds is 7. The molecule has 2 N–H and O–H groups in total. The van der Waals surface area contributed by atoms with Crippen LogP contribution in [0.25, 0.3) is 0 Å². The van der Waals surface area contributed by atoms with E-state index in [4.69, 9.17) is 0 Å². The third-order valence-electron chi connectivity index (χ3n) is 3.39. The van der Waals surface area contributed by atoms with E-state index in [1.165, 1.54) is 16.8 Å². The predicted molar refractivity (Wildman–Crippen MR) is 89.9 cm³/mol. The standard InChI is InChI=1S/C16H25N5O3/c1-11(2)9-12-17-13(21(19-12)10-16(3,4)24)5-7-20-8-6-14(22)18-15(20)23/h6,8,11,24H,5,7,9-10H2,1-4H3,(H,18,22,23). The lowest BCUT2D eigenvalue weighted by atomic mass is 10.1. The topological polar surface area (TPSA) is 106 Å². The van der Waals surface area contributed by atoms with Crippen LogP contribution in [0, 0.1) is 5.92 Å². The van der Waals surface area contributed by atoms with Gasteiger partial charge in [-0.1, -0.05) is 13.8 Å². The SMILES string of the molecule is CC(C)Cc1nc(CCn2ccc(=O)[nH]c2=O)n(CC(C)(C)O)n1. The Morgan fingerprint density at radius 2 is 2.04 bits per heavy atom. The van der Waals surface area contributed by atoms with Gasteiger partial charge in [-0.15, -0.1) is 0 Å². The number of aryl methyl sites for hydroxylation is 2. The Kier molecular flexibility index (Phi) is 5.38. The van der Waals surface area contributed by atoms with E-state index in [1.54, 1.807) is 18.5 Å². The fourth-order valence-electron chi connectivity index (χ4n) is 2.40. The molecule has 0 atom stereocenters. The van der Waals surface area contributed by atoms with Crippen LogP contribution in [0.15, 0.2) is 21.9 Å². The van der Waals surface area contributed by atoms with Crippen molar-refractivity contribution in [3.05, 3.63) is 44.8 Å². The molecule has 0 unspecified atom stereocenters. The summed E-state index contributed by atoms with van der Waals surface area (Å²) in [5.74, 6) is 1.88. The second kappa shape index (κ2) is 7.12. The number of hydrogen-bond acceptors (Lipinski definition) is 5. The molecule has 2 aromatic heterocycles. The van der Waals surface area contributed by atoms with E-state index >= 15 is 0 Å². The number of hydrogen-bond donors (Lipinski definition) is 2. The molecule has 0 aliphatic heterocycles. The highest BCUT2D eigenvalue weighted by Gasteiger charge is 2.19. The third kappa shape index (κ3) is 5.16. The highest BCUT2D eigenvalue weighted by Crippen LogP contribution is 2.11. The number of aliphatic hydroxyl groups is 1. The Morgan fingerprint density at radius 3 is 2.62 bits per heavy atom. The van der Waals surface area contributed by atoms with Crippen LogP contribution in [0.1, 0.15) is 39.3 Å². The summed E-state index contributed by atoms with van der Waals surface area (Å²) in [5.41, 5.74) is -1.77. The van der Waals surface area contributed by atoms with Gasteiger partial charge in [-0.25, -0.2) is 14.5 Å². The predicted octanol–water partition coefficient (Wildman–Crippen LogP) is 0.340. The summed E-state index contributed by atoms with van der Waals surface area (Å²) in [4.78, 5) is 29.6. The van der Waals surface area contributed by atoms with Crippen molar-refractivity contribution >= 4 is 0 Å². The molecule has 0 aromatic carbocycles. The first-order valence-electron chi connectivity index (χ1n) is 8.09. The maximum atomic E-state index is 11.8. The quantitative estimate of drug-likeness (QED) is 0.759. The van der Waals surface area contributed by atoms with Crippen molar-refractivity contribution in [3.8, 4) is 0 Å². The van der Waals surface area contributed by atoms with Gasteiger partial charge in [0.15, 0.2) is 5.82 Å². The van der Waals surface area contributed by atoms with E-state index in [9.17, 15) is 14.7 Å². The molecular formula is C16H25N5O3. The Morgan fingerprint density at radius 1 is 1.33 bits per heavy atom. The van der Waals surface area contributed by atoms with E-state index < -0.39 is 16.9 Å². The molecular weight excluding hydrogens is 310 g/mol. The molecule has 132 valence electrons. The molecule has 0 aliphatic rings. The highest BCUT2D eigenvalue weighted by molar-refractivity contribution is 4.96. The van der Waals surface area contributed by atoms with Crippen molar-refractivity contribution in [1.29, 1.82) is 0 Å². The van der Waals surface area contributed by atoms with Gasteiger partial charge < -0.3 is 9.67 Å². The maximum Gasteiger partial charge on any atom is 0.328 e. The van der Waals surface area contributed by atoms with Gasteiger partial charge in [0.2, 0.25) is 0 Å².